The summed E-state index contributed by atoms with van der Waals surface area (Å²) in [5.41, 5.74) is 1.97. The molecule has 168 valence electrons. The van der Waals surface area contributed by atoms with E-state index in [-0.39, 0.29) is 18.2 Å². The maximum atomic E-state index is 13.1. The summed E-state index contributed by atoms with van der Waals surface area (Å²) < 4.78 is 11.2. The molecule has 7 heteroatoms. The van der Waals surface area contributed by atoms with E-state index in [2.05, 4.69) is 10.2 Å². The van der Waals surface area contributed by atoms with Crippen LogP contribution in [0.2, 0.25) is 0 Å². The third-order valence-corrected chi connectivity index (χ3v) is 5.89. The van der Waals surface area contributed by atoms with Gasteiger partial charge < -0.3 is 19.7 Å². The van der Waals surface area contributed by atoms with E-state index in [0.717, 1.165) is 22.6 Å². The lowest BCUT2D eigenvalue weighted by Crippen LogP contribution is -2.56. The molecule has 2 aliphatic heterocycles. The van der Waals surface area contributed by atoms with Crippen molar-refractivity contribution in [2.45, 2.75) is 19.0 Å². The number of hydrogen-bond donors (Lipinski definition) is 1. The number of amides is 2. The van der Waals surface area contributed by atoms with Crippen LogP contribution < -0.4 is 14.8 Å². The Hall–Kier alpha value is -3.32. The van der Waals surface area contributed by atoms with E-state index in [4.69, 9.17) is 9.47 Å². The molecule has 1 atom stereocenters. The number of benzene rings is 2. The second-order valence-corrected chi connectivity index (χ2v) is 7.92. The van der Waals surface area contributed by atoms with Crippen LogP contribution in [0.25, 0.3) is 6.08 Å². The smallest absolute Gasteiger partial charge is 0.237 e. The Morgan fingerprint density at radius 1 is 1.19 bits per heavy atom. The van der Waals surface area contributed by atoms with E-state index in [1.54, 1.807) is 12.0 Å². The van der Waals surface area contributed by atoms with Gasteiger partial charge in [-0.2, -0.15) is 0 Å². The highest BCUT2D eigenvalue weighted by Crippen LogP contribution is 2.23. The highest BCUT2D eigenvalue weighted by molar-refractivity contribution is 5.89. The first kappa shape index (κ1) is 21.9. The lowest BCUT2D eigenvalue weighted by Gasteiger charge is -2.35. The van der Waals surface area contributed by atoms with Gasteiger partial charge in [0, 0.05) is 37.3 Å². The quantitative estimate of drug-likeness (QED) is 0.754. The zero-order valence-electron chi connectivity index (χ0n) is 18.3. The molecule has 2 amide bonds. The molecule has 2 aromatic carbocycles. The lowest BCUT2D eigenvalue weighted by molar-refractivity contribution is -0.139. The van der Waals surface area contributed by atoms with E-state index in [0.29, 0.717) is 39.3 Å². The molecule has 1 unspecified atom stereocenters. The van der Waals surface area contributed by atoms with Crippen molar-refractivity contribution in [3.63, 3.8) is 0 Å². The number of carbonyl (C=O) groups excluding carboxylic acids is 2. The van der Waals surface area contributed by atoms with Crippen LogP contribution in [0, 0.1) is 0 Å². The monoisotopic (exact) mass is 435 g/mol. The number of nitrogens with one attached hydrogen (secondary N) is 1. The predicted octanol–water partition coefficient (Wildman–Crippen LogP) is 2.32. The highest BCUT2D eigenvalue weighted by Gasteiger charge is 2.33. The van der Waals surface area contributed by atoms with Gasteiger partial charge in [0.1, 0.15) is 18.1 Å². The molecule has 0 spiro atoms. The molecule has 2 aromatic rings. The molecular weight excluding hydrogens is 406 g/mol. The van der Waals surface area contributed by atoms with Crippen LogP contribution in [0.3, 0.4) is 0 Å². The minimum absolute atomic E-state index is 0.0361. The SMILES string of the molecule is COc1ccccc1C=CCN1CCNC(=O)C1CC(=O)N1CCOc2ccccc2C1. The van der Waals surface area contributed by atoms with Gasteiger partial charge in [0.25, 0.3) is 0 Å². The fourth-order valence-corrected chi connectivity index (χ4v) is 4.15. The van der Waals surface area contributed by atoms with Gasteiger partial charge in [-0.1, -0.05) is 48.6 Å². The number of ether oxygens (including phenoxy) is 2. The van der Waals surface area contributed by atoms with Crippen LogP contribution in [0.15, 0.2) is 54.6 Å². The molecule has 0 aromatic heterocycles. The van der Waals surface area contributed by atoms with Crippen molar-refractivity contribution >= 4 is 17.9 Å². The summed E-state index contributed by atoms with van der Waals surface area (Å²) in [6.07, 6.45) is 4.16. The molecule has 1 saturated heterocycles. The van der Waals surface area contributed by atoms with Crippen molar-refractivity contribution in [2.24, 2.45) is 0 Å². The van der Waals surface area contributed by atoms with E-state index >= 15 is 0 Å². The Morgan fingerprint density at radius 2 is 2.00 bits per heavy atom. The van der Waals surface area contributed by atoms with Gasteiger partial charge >= 0.3 is 0 Å². The zero-order chi connectivity index (χ0) is 22.3. The summed E-state index contributed by atoms with van der Waals surface area (Å²) in [4.78, 5) is 29.6. The van der Waals surface area contributed by atoms with Crippen molar-refractivity contribution in [1.29, 1.82) is 0 Å². The fraction of sp³-hybridized carbons (Fsp3) is 0.360. The Kier molecular flexibility index (Phi) is 7.07. The van der Waals surface area contributed by atoms with Crippen LogP contribution in [0.4, 0.5) is 0 Å². The Morgan fingerprint density at radius 3 is 2.88 bits per heavy atom. The average molecular weight is 436 g/mol. The Balaban J connectivity index is 1.42. The molecule has 4 rings (SSSR count). The number of para-hydroxylation sites is 2. The molecule has 1 N–H and O–H groups in total. The van der Waals surface area contributed by atoms with Gasteiger partial charge in [0.2, 0.25) is 11.8 Å². The number of nitrogens with zero attached hydrogens (tertiary/aromatic N) is 2. The summed E-state index contributed by atoms with van der Waals surface area (Å²) in [5.74, 6) is 1.49. The van der Waals surface area contributed by atoms with Crippen LogP contribution in [-0.4, -0.2) is 67.6 Å². The van der Waals surface area contributed by atoms with Gasteiger partial charge in [0.05, 0.1) is 26.1 Å². The summed E-state index contributed by atoms with van der Waals surface area (Å²) in [5, 5.41) is 2.90. The normalized spacial score (nSPS) is 19.1. The van der Waals surface area contributed by atoms with Gasteiger partial charge in [-0.05, 0) is 12.1 Å². The maximum Gasteiger partial charge on any atom is 0.237 e. The molecule has 7 nitrogen and oxygen atoms in total. The van der Waals surface area contributed by atoms with E-state index in [9.17, 15) is 9.59 Å². The molecular formula is C25H29N3O4. The van der Waals surface area contributed by atoms with Crippen molar-refractivity contribution < 1.29 is 19.1 Å². The van der Waals surface area contributed by atoms with Crippen molar-refractivity contribution in [3.05, 3.63) is 65.7 Å². The molecule has 0 aliphatic carbocycles. The first-order chi connectivity index (χ1) is 15.7. The maximum absolute atomic E-state index is 13.1. The van der Waals surface area contributed by atoms with Gasteiger partial charge in [0.15, 0.2) is 0 Å². The third kappa shape index (κ3) is 5.11. The van der Waals surface area contributed by atoms with E-state index < -0.39 is 6.04 Å². The topological polar surface area (TPSA) is 71.1 Å². The number of hydrogen-bond acceptors (Lipinski definition) is 5. The number of piperazine rings is 1. The molecule has 0 bridgehead atoms. The number of methoxy groups -OCH3 is 1. The highest BCUT2D eigenvalue weighted by atomic mass is 16.5. The molecule has 1 fully saturated rings. The standard InChI is InChI=1S/C25H29N3O4/c1-31-22-10-4-2-7-19(22)9-6-13-27-14-12-26-25(30)21(27)17-24(29)28-15-16-32-23-11-5-3-8-20(23)18-28/h2-11,21H,12-18H2,1H3,(H,26,30). The second-order valence-electron chi connectivity index (χ2n) is 7.92. The Labute approximate surface area is 188 Å². The summed E-state index contributed by atoms with van der Waals surface area (Å²) in [6.45, 7) is 3.32. The molecule has 0 radical (unpaired) electrons. The molecule has 2 heterocycles. The lowest BCUT2D eigenvalue weighted by atomic mass is 10.1. The average Bonchev–Trinajstić information content (AvgIpc) is 3.04. The molecule has 2 aliphatic rings. The number of rotatable bonds is 6. The summed E-state index contributed by atoms with van der Waals surface area (Å²) >= 11 is 0. The third-order valence-electron chi connectivity index (χ3n) is 5.89. The van der Waals surface area contributed by atoms with Gasteiger partial charge in [-0.25, -0.2) is 0 Å². The summed E-state index contributed by atoms with van der Waals surface area (Å²) in [7, 11) is 1.65. The number of carbonyl (C=O) groups is 2. The summed E-state index contributed by atoms with van der Waals surface area (Å²) in [6, 6.07) is 15.1. The molecule has 32 heavy (non-hydrogen) atoms. The van der Waals surface area contributed by atoms with Crippen molar-refractivity contribution in [2.75, 3.05) is 39.9 Å². The van der Waals surface area contributed by atoms with E-state index in [1.807, 2.05) is 60.7 Å². The van der Waals surface area contributed by atoms with Gasteiger partial charge in [-0.15, -0.1) is 0 Å². The Bertz CT molecular complexity index is 991. The number of fused-ring (bicyclic) bond motifs is 1. The predicted molar refractivity (Wildman–Crippen MR) is 122 cm³/mol. The van der Waals surface area contributed by atoms with Gasteiger partial charge in [-0.3, -0.25) is 14.5 Å². The zero-order valence-corrected chi connectivity index (χ0v) is 18.3. The minimum atomic E-state index is -0.488. The fourth-order valence-electron chi connectivity index (χ4n) is 4.15. The second kappa shape index (κ2) is 10.3. The van der Waals surface area contributed by atoms with Crippen LogP contribution >= 0.6 is 0 Å². The van der Waals surface area contributed by atoms with Crippen molar-refractivity contribution in [1.82, 2.24) is 15.1 Å². The van der Waals surface area contributed by atoms with E-state index in [1.165, 1.54) is 0 Å². The van der Waals surface area contributed by atoms with Crippen LogP contribution in [0.1, 0.15) is 17.5 Å². The largest absolute Gasteiger partial charge is 0.496 e. The van der Waals surface area contributed by atoms with Crippen molar-refractivity contribution in [3.8, 4) is 11.5 Å². The first-order valence-electron chi connectivity index (χ1n) is 11.0. The van der Waals surface area contributed by atoms with Crippen LogP contribution in [0.5, 0.6) is 11.5 Å². The molecule has 0 saturated carbocycles. The minimum Gasteiger partial charge on any atom is -0.496 e. The van der Waals surface area contributed by atoms with Crippen LogP contribution in [-0.2, 0) is 16.1 Å². The first-order valence-corrected chi connectivity index (χ1v) is 11.0.